The molecule has 2 aliphatic heterocycles. The Balaban J connectivity index is 0.00000676. The van der Waals surface area contributed by atoms with E-state index in [1.807, 2.05) is 11.1 Å². The van der Waals surface area contributed by atoms with Crippen LogP contribution >= 0.6 is 0 Å². The molecule has 1 amide bonds. The molecule has 2 aromatic heterocycles. The highest BCUT2D eigenvalue weighted by Gasteiger charge is 2.34. The molecule has 4 rings (SSSR count). The van der Waals surface area contributed by atoms with Crippen LogP contribution in [0.5, 0.6) is 0 Å². The van der Waals surface area contributed by atoms with E-state index in [0.717, 1.165) is 12.8 Å². The van der Waals surface area contributed by atoms with E-state index in [0.29, 0.717) is 122 Å². The molecule has 3 atom stereocenters. The van der Waals surface area contributed by atoms with Crippen LogP contribution in [-0.2, 0) is 23.7 Å². The first kappa shape index (κ1) is 41.1. The number of carbonyl (C=O) groups is 1. The number of nitrogens with one attached hydrogen (secondary N) is 1. The highest BCUT2D eigenvalue weighted by atomic mass is 35.5. The zero-order valence-corrected chi connectivity index (χ0v) is 30.8. The number of hydrogen-bond donors (Lipinski definition) is 2. The summed E-state index contributed by atoms with van der Waals surface area (Å²) in [5.74, 6) is 4.62. The SMILES string of the molecule is C#CCOCCOCCOCCNc1nc(N2CCOCC2)nc(N2CCN(C(=O)C(C(C)CC)n3cc(C(N)CC(C)C)nn3)CC2)n1.[Cl-]. The van der Waals surface area contributed by atoms with Gasteiger partial charge in [0.1, 0.15) is 12.6 Å². The van der Waals surface area contributed by atoms with Gasteiger partial charge in [-0.25, -0.2) is 4.68 Å². The molecule has 0 radical (unpaired) electrons. The number of piperazine rings is 1. The molecule has 3 unspecified atom stereocenters. The van der Waals surface area contributed by atoms with Crippen LogP contribution in [0.15, 0.2) is 6.20 Å². The Hall–Kier alpha value is -3.33. The van der Waals surface area contributed by atoms with E-state index in [1.165, 1.54) is 0 Å². The molecule has 17 heteroatoms. The first-order valence-electron chi connectivity index (χ1n) is 17.5. The molecule has 2 aliphatic rings. The lowest BCUT2D eigenvalue weighted by molar-refractivity contribution is -0.137. The number of anilines is 3. The summed E-state index contributed by atoms with van der Waals surface area (Å²) < 4.78 is 23.6. The molecule has 50 heavy (non-hydrogen) atoms. The number of amides is 1. The van der Waals surface area contributed by atoms with Crippen LogP contribution in [0.25, 0.3) is 0 Å². The molecule has 16 nitrogen and oxygen atoms in total. The van der Waals surface area contributed by atoms with Crippen LogP contribution in [-0.4, -0.2) is 139 Å². The van der Waals surface area contributed by atoms with Gasteiger partial charge in [0.2, 0.25) is 23.8 Å². The van der Waals surface area contributed by atoms with Gasteiger partial charge in [-0.15, -0.1) is 11.5 Å². The standard InChI is InChI=1S/C33H55N11O5.ClH/c1-6-15-46-19-21-49-22-20-47-16-8-35-31-36-32(38-33(37-31)43-13-17-48-18-14-43)42-11-9-41(10-12-42)30(45)29(26(5)7-2)44-24-28(39-40-44)27(34)23-25(3)4;/h1,24-27,29H,7-23,34H2,2-5H3,(H,35,36,37,38);1H/p-1. The molecule has 280 valence electrons. The Morgan fingerprint density at radius 2 is 1.58 bits per heavy atom. The topological polar surface area (TPSA) is 171 Å². The number of carbonyl (C=O) groups excluding carboxylic acids is 1. The number of aromatic nitrogens is 6. The van der Waals surface area contributed by atoms with E-state index < -0.39 is 6.04 Å². The van der Waals surface area contributed by atoms with Crippen molar-refractivity contribution in [3.05, 3.63) is 11.9 Å². The molecule has 0 spiro atoms. The molecule has 0 aliphatic carbocycles. The van der Waals surface area contributed by atoms with E-state index in [1.54, 1.807) is 4.68 Å². The number of ether oxygens (including phenoxy) is 4. The summed E-state index contributed by atoms with van der Waals surface area (Å²) in [6.07, 6.45) is 8.64. The normalized spacial score (nSPS) is 16.9. The van der Waals surface area contributed by atoms with Crippen LogP contribution in [0.4, 0.5) is 17.8 Å². The van der Waals surface area contributed by atoms with Crippen LogP contribution in [0.3, 0.4) is 0 Å². The summed E-state index contributed by atoms with van der Waals surface area (Å²) in [4.78, 5) is 34.4. The fourth-order valence-electron chi connectivity index (χ4n) is 5.66. The van der Waals surface area contributed by atoms with Crippen molar-refractivity contribution in [2.24, 2.45) is 17.6 Å². The minimum atomic E-state index is -0.452. The Labute approximate surface area is 302 Å². The molecule has 2 saturated heterocycles. The van der Waals surface area contributed by atoms with Crippen LogP contribution in [0.1, 0.15) is 58.3 Å². The predicted octanol–water partition coefficient (Wildman–Crippen LogP) is -1.62. The second-order valence-electron chi connectivity index (χ2n) is 12.8. The largest absolute Gasteiger partial charge is 1.00 e. The van der Waals surface area contributed by atoms with E-state index in [4.69, 9.17) is 46.1 Å². The van der Waals surface area contributed by atoms with Gasteiger partial charge in [-0.3, -0.25) is 4.79 Å². The first-order chi connectivity index (χ1) is 23.8. The molecule has 0 bridgehead atoms. The van der Waals surface area contributed by atoms with Gasteiger partial charge in [0.15, 0.2) is 0 Å². The molecular weight excluding hydrogens is 666 g/mol. The lowest BCUT2D eigenvalue weighted by Crippen LogP contribution is -3.00. The van der Waals surface area contributed by atoms with Crippen LogP contribution in [0.2, 0.25) is 0 Å². The van der Waals surface area contributed by atoms with E-state index in [-0.39, 0.29) is 36.9 Å². The maximum Gasteiger partial charge on any atom is 0.247 e. The van der Waals surface area contributed by atoms with Gasteiger partial charge in [-0.1, -0.05) is 45.2 Å². The summed E-state index contributed by atoms with van der Waals surface area (Å²) in [6.45, 7) is 16.4. The molecular formula is C33H55ClN11O5-. The third-order valence-electron chi connectivity index (χ3n) is 8.59. The van der Waals surface area contributed by atoms with Crippen molar-refractivity contribution in [3.63, 3.8) is 0 Å². The van der Waals surface area contributed by atoms with Crippen molar-refractivity contribution in [1.82, 2.24) is 34.8 Å². The zero-order chi connectivity index (χ0) is 35.0. The minimum Gasteiger partial charge on any atom is -1.00 e. The van der Waals surface area contributed by atoms with Gasteiger partial charge in [-0.2, -0.15) is 15.0 Å². The Morgan fingerprint density at radius 3 is 2.20 bits per heavy atom. The van der Waals surface area contributed by atoms with Crippen LogP contribution < -0.4 is 33.3 Å². The number of morpholine rings is 1. The minimum absolute atomic E-state index is 0. The van der Waals surface area contributed by atoms with Crippen molar-refractivity contribution in [2.45, 2.75) is 52.6 Å². The van der Waals surface area contributed by atoms with Crippen molar-refractivity contribution < 1.29 is 36.1 Å². The number of nitrogens with two attached hydrogens (primary N) is 1. The summed E-state index contributed by atoms with van der Waals surface area (Å²) in [6, 6.07) is -0.665. The van der Waals surface area contributed by atoms with Gasteiger partial charge in [-0.05, 0) is 18.3 Å². The third-order valence-corrected chi connectivity index (χ3v) is 8.59. The lowest BCUT2D eigenvalue weighted by atomic mass is 9.97. The summed E-state index contributed by atoms with van der Waals surface area (Å²) in [5.41, 5.74) is 7.10. The second kappa shape index (κ2) is 21.8. The highest BCUT2D eigenvalue weighted by Crippen LogP contribution is 2.26. The number of hydrogen-bond acceptors (Lipinski definition) is 14. The van der Waals surface area contributed by atoms with Gasteiger partial charge >= 0.3 is 0 Å². The first-order valence-corrected chi connectivity index (χ1v) is 17.5. The highest BCUT2D eigenvalue weighted by molar-refractivity contribution is 5.81. The predicted molar refractivity (Wildman–Crippen MR) is 186 cm³/mol. The molecule has 0 saturated carbocycles. The molecule has 2 aromatic rings. The van der Waals surface area contributed by atoms with Crippen LogP contribution in [0, 0.1) is 24.2 Å². The second-order valence-corrected chi connectivity index (χ2v) is 12.8. The van der Waals surface area contributed by atoms with Crippen molar-refractivity contribution in [3.8, 4) is 12.3 Å². The van der Waals surface area contributed by atoms with Gasteiger partial charge in [0.25, 0.3) is 0 Å². The summed E-state index contributed by atoms with van der Waals surface area (Å²) in [5, 5.41) is 12.0. The quantitative estimate of drug-likeness (QED) is 0.118. The van der Waals surface area contributed by atoms with Gasteiger partial charge in [0.05, 0.1) is 64.2 Å². The lowest BCUT2D eigenvalue weighted by Gasteiger charge is -2.37. The molecule has 2 fully saturated rings. The monoisotopic (exact) mass is 720 g/mol. The zero-order valence-electron chi connectivity index (χ0n) is 30.0. The number of nitrogens with zero attached hydrogens (tertiary/aromatic N) is 9. The van der Waals surface area contributed by atoms with E-state index >= 15 is 0 Å². The van der Waals surface area contributed by atoms with Gasteiger partial charge < -0.3 is 57.1 Å². The fraction of sp³-hybridized carbons (Fsp3) is 0.758. The average molecular weight is 721 g/mol. The van der Waals surface area contributed by atoms with Crippen molar-refractivity contribution in [1.29, 1.82) is 0 Å². The Bertz CT molecular complexity index is 1320. The average Bonchev–Trinajstić information content (AvgIpc) is 3.60. The maximum absolute atomic E-state index is 14.0. The van der Waals surface area contributed by atoms with E-state index in [9.17, 15) is 4.79 Å². The van der Waals surface area contributed by atoms with Gasteiger partial charge in [0, 0.05) is 45.8 Å². The Kier molecular flexibility index (Phi) is 17.9. The number of rotatable bonds is 20. The smallest absolute Gasteiger partial charge is 0.247 e. The summed E-state index contributed by atoms with van der Waals surface area (Å²) >= 11 is 0. The molecule has 3 N–H and O–H groups in total. The number of halogens is 1. The molecule has 0 aromatic carbocycles. The fourth-order valence-corrected chi connectivity index (χ4v) is 5.66. The number of terminal acetylenes is 1. The maximum atomic E-state index is 14.0. The molecule has 4 heterocycles. The van der Waals surface area contributed by atoms with E-state index in [2.05, 4.69) is 59.0 Å². The van der Waals surface area contributed by atoms with Crippen molar-refractivity contribution >= 4 is 23.8 Å². The third kappa shape index (κ3) is 12.5. The van der Waals surface area contributed by atoms with Crippen molar-refractivity contribution in [2.75, 3.05) is 114 Å². The summed E-state index contributed by atoms with van der Waals surface area (Å²) in [7, 11) is 0. The Morgan fingerprint density at radius 1 is 0.960 bits per heavy atom.